The molecule has 194 valence electrons. The summed E-state index contributed by atoms with van der Waals surface area (Å²) >= 11 is 5.54. The molecule has 5 fully saturated rings. The van der Waals surface area contributed by atoms with Crippen molar-refractivity contribution in [2.75, 3.05) is 96.7 Å². The van der Waals surface area contributed by atoms with Crippen LogP contribution in [0.3, 0.4) is 0 Å². The third-order valence-electron chi connectivity index (χ3n) is 8.39. The zero-order valence-corrected chi connectivity index (χ0v) is 21.7. The first-order valence-electron chi connectivity index (χ1n) is 13.4. The van der Waals surface area contributed by atoms with E-state index in [4.69, 9.17) is 17.0 Å². The molecule has 0 aliphatic carbocycles. The molecule has 4 atom stereocenters. The molecule has 6 rings (SSSR count). The van der Waals surface area contributed by atoms with Gasteiger partial charge in [0.05, 0.1) is 13.2 Å². The summed E-state index contributed by atoms with van der Waals surface area (Å²) in [5.74, 6) is 1.44. The molecule has 1 aromatic rings. The normalized spacial score (nSPS) is 29.8. The third kappa shape index (κ3) is 6.83. The van der Waals surface area contributed by atoms with Gasteiger partial charge in [0.2, 0.25) is 0 Å². The fraction of sp³-hybridized carbons (Fsp3) is 0.731. The van der Waals surface area contributed by atoms with E-state index in [-0.39, 0.29) is 5.82 Å². The number of ether oxygens (including phenoxy) is 1. The van der Waals surface area contributed by atoms with Crippen molar-refractivity contribution in [3.63, 3.8) is 0 Å². The van der Waals surface area contributed by atoms with Crippen molar-refractivity contribution in [1.82, 2.24) is 25.3 Å². The summed E-state index contributed by atoms with van der Waals surface area (Å²) in [6, 6.07) is 7.53. The van der Waals surface area contributed by atoms with Crippen LogP contribution in [-0.4, -0.2) is 118 Å². The maximum atomic E-state index is 13.2. The molecule has 1 unspecified atom stereocenters. The van der Waals surface area contributed by atoms with Crippen LogP contribution in [0.2, 0.25) is 0 Å². The number of anilines is 1. The van der Waals surface area contributed by atoms with Gasteiger partial charge in [-0.15, -0.1) is 0 Å². The molecule has 7 nitrogen and oxygen atoms in total. The lowest BCUT2D eigenvalue weighted by Gasteiger charge is -2.51. The number of hydrogen-bond donors (Lipinski definition) is 2. The topological polar surface area (TPSA) is 46.2 Å². The number of nitrogens with zero attached hydrogens (tertiary/aromatic N) is 4. The largest absolute Gasteiger partial charge is 0.379 e. The van der Waals surface area contributed by atoms with Crippen molar-refractivity contribution in [2.45, 2.75) is 18.9 Å². The van der Waals surface area contributed by atoms with Crippen LogP contribution >= 0.6 is 12.2 Å². The zero-order chi connectivity index (χ0) is 24.0. The van der Waals surface area contributed by atoms with Crippen LogP contribution < -0.4 is 15.5 Å². The molecular weight excluding hydrogens is 463 g/mol. The monoisotopic (exact) mass is 504 g/mol. The molecule has 1 aromatic carbocycles. The lowest BCUT2D eigenvalue weighted by Crippen LogP contribution is -2.59. The maximum Gasteiger partial charge on any atom is 0.166 e. The number of hydrogen-bond acceptors (Lipinski definition) is 6. The van der Waals surface area contributed by atoms with Crippen LogP contribution in [0, 0.1) is 17.7 Å². The number of fused-ring (bicyclic) bond motifs is 3. The minimum atomic E-state index is -0.162. The Balaban J connectivity index is 0.994. The molecule has 0 spiro atoms. The molecule has 2 bridgehead atoms. The smallest absolute Gasteiger partial charge is 0.166 e. The second-order valence-corrected chi connectivity index (χ2v) is 11.0. The van der Waals surface area contributed by atoms with E-state index in [0.717, 1.165) is 94.8 Å². The molecule has 2 N–H and O–H groups in total. The molecule has 0 radical (unpaired) electrons. The Morgan fingerprint density at radius 2 is 1.74 bits per heavy atom. The summed E-state index contributed by atoms with van der Waals surface area (Å²) in [4.78, 5) is 10.1. The Kier molecular flexibility index (Phi) is 8.72. The Morgan fingerprint density at radius 1 is 0.971 bits per heavy atom. The van der Waals surface area contributed by atoms with E-state index in [1.807, 2.05) is 12.1 Å². The zero-order valence-electron chi connectivity index (χ0n) is 20.8. The minimum Gasteiger partial charge on any atom is -0.379 e. The summed E-state index contributed by atoms with van der Waals surface area (Å²) in [6.45, 7) is 14.5. The summed E-state index contributed by atoms with van der Waals surface area (Å²) in [5.41, 5.74) is 1.14. The Morgan fingerprint density at radius 3 is 2.46 bits per heavy atom. The van der Waals surface area contributed by atoms with Gasteiger partial charge in [-0.3, -0.25) is 14.7 Å². The van der Waals surface area contributed by atoms with Gasteiger partial charge in [-0.05, 0) is 67.7 Å². The molecule has 5 saturated heterocycles. The Hall–Kier alpha value is -1.52. The van der Waals surface area contributed by atoms with Gasteiger partial charge in [-0.2, -0.15) is 0 Å². The number of morpholine rings is 1. The van der Waals surface area contributed by atoms with Crippen molar-refractivity contribution in [3.8, 4) is 0 Å². The molecule has 0 aromatic heterocycles. The number of benzene rings is 1. The van der Waals surface area contributed by atoms with E-state index >= 15 is 0 Å². The standard InChI is InChI=1S/C26H41FN6OS/c27-23-1-3-24(4-2-23)32-11-9-31(10-12-32)19-22-20-33-7-5-21(22)17-25(33)18-29-26(35)28-6-8-30-13-15-34-16-14-30/h1-4,21-22,25H,5-20H2,(H2,28,29,35)/t21-,22-,25+/m0/s1. The predicted molar refractivity (Wildman–Crippen MR) is 142 cm³/mol. The molecule has 0 amide bonds. The average Bonchev–Trinajstić information content (AvgIpc) is 2.90. The molecule has 0 saturated carbocycles. The summed E-state index contributed by atoms with van der Waals surface area (Å²) < 4.78 is 18.6. The number of piperidine rings is 3. The second-order valence-electron chi connectivity index (χ2n) is 10.5. The molecule has 5 heterocycles. The van der Waals surface area contributed by atoms with Gasteiger partial charge in [0.1, 0.15) is 5.82 Å². The molecule has 5 aliphatic rings. The molecule has 5 aliphatic heterocycles. The van der Waals surface area contributed by atoms with Crippen LogP contribution in [0.5, 0.6) is 0 Å². The van der Waals surface area contributed by atoms with E-state index in [2.05, 4.69) is 30.2 Å². The maximum absolute atomic E-state index is 13.2. The van der Waals surface area contributed by atoms with E-state index in [9.17, 15) is 4.39 Å². The number of rotatable bonds is 8. The van der Waals surface area contributed by atoms with Gasteiger partial charge in [0, 0.05) is 83.7 Å². The SMILES string of the molecule is Fc1ccc(N2CCN(C[C@H]3CN4CC[C@H]3C[C@@H]4CNC(=S)NCCN3CCOCC3)CC2)cc1. The highest BCUT2D eigenvalue weighted by atomic mass is 32.1. The van der Waals surface area contributed by atoms with Gasteiger partial charge in [-0.25, -0.2) is 4.39 Å². The van der Waals surface area contributed by atoms with Gasteiger partial charge < -0.3 is 20.3 Å². The van der Waals surface area contributed by atoms with E-state index in [0.29, 0.717) is 6.04 Å². The highest BCUT2D eigenvalue weighted by Gasteiger charge is 2.40. The quantitative estimate of drug-likeness (QED) is 0.516. The highest BCUT2D eigenvalue weighted by molar-refractivity contribution is 7.80. The second kappa shape index (κ2) is 12.1. The fourth-order valence-electron chi connectivity index (χ4n) is 6.27. The fourth-order valence-corrected chi connectivity index (χ4v) is 6.45. The van der Waals surface area contributed by atoms with Gasteiger partial charge in [0.15, 0.2) is 5.11 Å². The van der Waals surface area contributed by atoms with Crippen LogP contribution in [-0.2, 0) is 4.74 Å². The Bertz CT molecular complexity index is 815. The summed E-state index contributed by atoms with van der Waals surface area (Å²) in [6.07, 6.45) is 2.61. The first-order valence-corrected chi connectivity index (χ1v) is 13.8. The van der Waals surface area contributed by atoms with Gasteiger partial charge in [-0.1, -0.05) is 0 Å². The van der Waals surface area contributed by atoms with E-state index in [1.54, 1.807) is 12.1 Å². The first kappa shape index (κ1) is 25.1. The van der Waals surface area contributed by atoms with Crippen molar-refractivity contribution >= 4 is 23.0 Å². The number of halogens is 1. The van der Waals surface area contributed by atoms with E-state index < -0.39 is 0 Å². The average molecular weight is 505 g/mol. The molecular formula is C26H41FN6OS. The van der Waals surface area contributed by atoms with Crippen molar-refractivity contribution < 1.29 is 9.13 Å². The lowest BCUT2D eigenvalue weighted by atomic mass is 9.75. The number of nitrogens with one attached hydrogen (secondary N) is 2. The first-order chi connectivity index (χ1) is 17.1. The third-order valence-corrected chi connectivity index (χ3v) is 8.67. The number of thiocarbonyl (C=S) groups is 1. The summed E-state index contributed by atoms with van der Waals surface area (Å²) in [7, 11) is 0. The minimum absolute atomic E-state index is 0.162. The molecule has 9 heteroatoms. The lowest BCUT2D eigenvalue weighted by molar-refractivity contribution is -0.0110. The van der Waals surface area contributed by atoms with Crippen molar-refractivity contribution in [2.24, 2.45) is 11.8 Å². The van der Waals surface area contributed by atoms with Crippen LogP contribution in [0.4, 0.5) is 10.1 Å². The van der Waals surface area contributed by atoms with Crippen molar-refractivity contribution in [3.05, 3.63) is 30.1 Å². The molecule has 35 heavy (non-hydrogen) atoms. The van der Waals surface area contributed by atoms with Crippen LogP contribution in [0.25, 0.3) is 0 Å². The van der Waals surface area contributed by atoms with Gasteiger partial charge in [0.25, 0.3) is 0 Å². The summed E-state index contributed by atoms with van der Waals surface area (Å²) in [5, 5.41) is 7.66. The van der Waals surface area contributed by atoms with Crippen LogP contribution in [0.1, 0.15) is 12.8 Å². The predicted octanol–water partition coefficient (Wildman–Crippen LogP) is 1.45. The Labute approximate surface area is 214 Å². The van der Waals surface area contributed by atoms with Crippen molar-refractivity contribution in [1.29, 1.82) is 0 Å². The highest BCUT2D eigenvalue weighted by Crippen LogP contribution is 2.36. The number of piperazine rings is 1. The van der Waals surface area contributed by atoms with Gasteiger partial charge >= 0.3 is 0 Å². The van der Waals surface area contributed by atoms with Crippen LogP contribution in [0.15, 0.2) is 24.3 Å². The van der Waals surface area contributed by atoms with E-state index in [1.165, 1.54) is 32.5 Å².